The number of hydrogen-bond donors (Lipinski definition) is 1. The molecule has 7 nitrogen and oxygen atoms in total. The molecule has 2 aromatic heterocycles. The quantitative estimate of drug-likeness (QED) is 0.586. The highest BCUT2D eigenvalue weighted by atomic mass is 35.5. The van der Waals surface area contributed by atoms with E-state index in [-0.39, 0.29) is 17.9 Å². The minimum atomic E-state index is -0.162. The molecule has 1 N–H and O–H groups in total. The Morgan fingerprint density at radius 1 is 1.22 bits per heavy atom. The number of aryl methyl sites for hydroxylation is 3. The first-order valence-corrected chi connectivity index (χ1v) is 11.5. The molecule has 0 unspecified atom stereocenters. The van der Waals surface area contributed by atoms with Crippen molar-refractivity contribution in [3.05, 3.63) is 62.9 Å². The molecule has 170 valence electrons. The summed E-state index contributed by atoms with van der Waals surface area (Å²) in [6, 6.07) is 8.00. The molecule has 1 fully saturated rings. The Kier molecular flexibility index (Phi) is 6.96. The number of furan rings is 1. The Morgan fingerprint density at radius 2 is 1.94 bits per heavy atom. The lowest BCUT2D eigenvalue weighted by Crippen LogP contribution is -2.38. The van der Waals surface area contributed by atoms with E-state index in [1.807, 2.05) is 26.0 Å². The van der Waals surface area contributed by atoms with E-state index in [0.29, 0.717) is 35.9 Å². The maximum atomic E-state index is 12.7. The normalized spacial score (nSPS) is 15.3. The van der Waals surface area contributed by atoms with Gasteiger partial charge in [0.1, 0.15) is 17.5 Å². The summed E-state index contributed by atoms with van der Waals surface area (Å²) in [5.74, 6) is 1.14. The molecule has 4 rings (SSSR count). The zero-order valence-corrected chi connectivity index (χ0v) is 19.3. The van der Waals surface area contributed by atoms with Crippen molar-refractivity contribution < 1.29 is 9.21 Å². The Hall–Kier alpha value is -2.64. The summed E-state index contributed by atoms with van der Waals surface area (Å²) >= 11 is 5.96. The van der Waals surface area contributed by atoms with Crippen molar-refractivity contribution in [3.8, 4) is 0 Å². The van der Waals surface area contributed by atoms with E-state index < -0.39 is 0 Å². The van der Waals surface area contributed by atoms with Crippen LogP contribution >= 0.6 is 11.6 Å². The van der Waals surface area contributed by atoms with E-state index in [9.17, 15) is 9.59 Å². The number of aromatic nitrogens is 2. The molecular formula is C24H29ClN4O3. The van der Waals surface area contributed by atoms with Crippen LogP contribution in [0.4, 0.5) is 0 Å². The summed E-state index contributed by atoms with van der Waals surface area (Å²) in [5.41, 5.74) is 2.27. The number of nitrogens with one attached hydrogen (secondary N) is 1. The van der Waals surface area contributed by atoms with Gasteiger partial charge in [0.15, 0.2) is 0 Å². The van der Waals surface area contributed by atoms with Gasteiger partial charge in [-0.2, -0.15) is 0 Å². The van der Waals surface area contributed by atoms with Gasteiger partial charge in [0.05, 0.1) is 0 Å². The van der Waals surface area contributed by atoms with Crippen LogP contribution in [0.3, 0.4) is 0 Å². The second-order valence-corrected chi connectivity index (χ2v) is 9.04. The maximum Gasteiger partial charge on any atom is 0.264 e. The molecule has 3 heterocycles. The van der Waals surface area contributed by atoms with E-state index in [1.54, 1.807) is 0 Å². The minimum Gasteiger partial charge on any atom is -0.443 e. The molecule has 3 aromatic rings. The molecule has 32 heavy (non-hydrogen) atoms. The SMILES string of the molecule is Cc1oc2ncn(CCC(=O)NCC3CCN(Cc4ccc(Cl)cc4)CC3)c(=O)c2c1C. The first-order chi connectivity index (χ1) is 15.4. The molecule has 0 aliphatic carbocycles. The van der Waals surface area contributed by atoms with E-state index in [2.05, 4.69) is 27.3 Å². The summed E-state index contributed by atoms with van der Waals surface area (Å²) in [6.45, 7) is 7.62. The molecule has 0 spiro atoms. The Bertz CT molecular complexity index is 1140. The van der Waals surface area contributed by atoms with E-state index in [4.69, 9.17) is 16.0 Å². The van der Waals surface area contributed by atoms with Crippen LogP contribution in [0.25, 0.3) is 11.1 Å². The highest BCUT2D eigenvalue weighted by Crippen LogP contribution is 2.20. The van der Waals surface area contributed by atoms with Crippen molar-refractivity contribution >= 4 is 28.6 Å². The number of benzene rings is 1. The lowest BCUT2D eigenvalue weighted by molar-refractivity contribution is -0.121. The van der Waals surface area contributed by atoms with Crippen molar-refractivity contribution in [3.63, 3.8) is 0 Å². The number of piperidine rings is 1. The first kappa shape index (κ1) is 22.6. The van der Waals surface area contributed by atoms with Crippen LogP contribution in [-0.4, -0.2) is 40.0 Å². The molecule has 0 atom stereocenters. The smallest absolute Gasteiger partial charge is 0.264 e. The lowest BCUT2D eigenvalue weighted by Gasteiger charge is -2.32. The van der Waals surface area contributed by atoms with Crippen LogP contribution < -0.4 is 10.9 Å². The summed E-state index contributed by atoms with van der Waals surface area (Å²) in [4.78, 5) is 31.7. The van der Waals surface area contributed by atoms with Gasteiger partial charge in [0.25, 0.3) is 5.56 Å². The monoisotopic (exact) mass is 456 g/mol. The molecule has 1 saturated heterocycles. The molecule has 1 aliphatic heterocycles. The first-order valence-electron chi connectivity index (χ1n) is 11.1. The Balaban J connectivity index is 1.21. The number of halogens is 1. The molecular weight excluding hydrogens is 428 g/mol. The van der Waals surface area contributed by atoms with Gasteiger partial charge in [-0.25, -0.2) is 4.98 Å². The topological polar surface area (TPSA) is 80.4 Å². The average molecular weight is 457 g/mol. The molecule has 0 radical (unpaired) electrons. The third kappa shape index (κ3) is 5.22. The van der Waals surface area contributed by atoms with Gasteiger partial charge in [0, 0.05) is 36.6 Å². The van der Waals surface area contributed by atoms with Crippen LogP contribution in [0, 0.1) is 19.8 Å². The van der Waals surface area contributed by atoms with Gasteiger partial charge in [0.2, 0.25) is 11.6 Å². The second kappa shape index (κ2) is 9.88. The van der Waals surface area contributed by atoms with Gasteiger partial charge in [-0.1, -0.05) is 23.7 Å². The number of carbonyl (C=O) groups excluding carboxylic acids is 1. The maximum absolute atomic E-state index is 12.7. The fraction of sp³-hybridized carbons (Fsp3) is 0.458. The van der Waals surface area contributed by atoms with E-state index in [0.717, 1.165) is 43.1 Å². The Labute approximate surface area is 192 Å². The van der Waals surface area contributed by atoms with Gasteiger partial charge in [-0.15, -0.1) is 0 Å². The number of hydrogen-bond acceptors (Lipinski definition) is 5. The lowest BCUT2D eigenvalue weighted by atomic mass is 9.96. The van der Waals surface area contributed by atoms with Crippen LogP contribution in [0.5, 0.6) is 0 Å². The summed E-state index contributed by atoms with van der Waals surface area (Å²) < 4.78 is 6.98. The van der Waals surface area contributed by atoms with Crippen molar-refractivity contribution in [2.24, 2.45) is 5.92 Å². The van der Waals surface area contributed by atoms with Crippen LogP contribution in [0.1, 0.15) is 36.1 Å². The molecule has 1 aromatic carbocycles. The summed E-state index contributed by atoms with van der Waals surface area (Å²) in [6.07, 6.45) is 3.83. The Morgan fingerprint density at radius 3 is 2.66 bits per heavy atom. The molecule has 8 heteroatoms. The largest absolute Gasteiger partial charge is 0.443 e. The number of rotatable bonds is 7. The van der Waals surface area contributed by atoms with Crippen molar-refractivity contribution in [1.29, 1.82) is 0 Å². The van der Waals surface area contributed by atoms with Crippen molar-refractivity contribution in [2.75, 3.05) is 19.6 Å². The average Bonchev–Trinajstić information content (AvgIpc) is 3.08. The van der Waals surface area contributed by atoms with Crippen molar-refractivity contribution in [1.82, 2.24) is 19.8 Å². The van der Waals surface area contributed by atoms with Crippen LogP contribution in [-0.2, 0) is 17.9 Å². The fourth-order valence-corrected chi connectivity index (χ4v) is 4.32. The van der Waals surface area contributed by atoms with Crippen molar-refractivity contribution in [2.45, 2.75) is 46.2 Å². The third-order valence-corrected chi connectivity index (χ3v) is 6.60. The van der Waals surface area contributed by atoms with Crippen LogP contribution in [0.15, 0.2) is 39.8 Å². The number of fused-ring (bicyclic) bond motifs is 1. The predicted octanol–water partition coefficient (Wildman–Crippen LogP) is 3.68. The van der Waals surface area contributed by atoms with Gasteiger partial charge in [-0.05, 0) is 63.4 Å². The highest BCUT2D eigenvalue weighted by molar-refractivity contribution is 6.30. The number of carbonyl (C=O) groups is 1. The summed E-state index contributed by atoms with van der Waals surface area (Å²) in [5, 5.41) is 4.30. The van der Waals surface area contributed by atoms with Gasteiger partial charge >= 0.3 is 0 Å². The highest BCUT2D eigenvalue weighted by Gasteiger charge is 2.20. The standard InChI is InChI=1S/C24H29ClN4O3/c1-16-17(2)32-23-22(16)24(31)29(15-27-23)12-9-21(30)26-13-18-7-10-28(11-8-18)14-19-3-5-20(25)6-4-19/h3-6,15,18H,7-14H2,1-2H3,(H,26,30). The zero-order chi connectivity index (χ0) is 22.7. The molecule has 1 amide bonds. The van der Waals surface area contributed by atoms with Gasteiger partial charge < -0.3 is 9.73 Å². The second-order valence-electron chi connectivity index (χ2n) is 8.61. The van der Waals surface area contributed by atoms with Crippen LogP contribution in [0.2, 0.25) is 5.02 Å². The third-order valence-electron chi connectivity index (χ3n) is 6.35. The van der Waals surface area contributed by atoms with Gasteiger partial charge in [-0.3, -0.25) is 19.1 Å². The molecule has 1 aliphatic rings. The number of nitrogens with zero attached hydrogens (tertiary/aromatic N) is 3. The molecule has 0 bridgehead atoms. The fourth-order valence-electron chi connectivity index (χ4n) is 4.19. The predicted molar refractivity (Wildman–Crippen MR) is 125 cm³/mol. The number of likely N-dealkylation sites (tertiary alicyclic amines) is 1. The van der Waals surface area contributed by atoms with E-state index in [1.165, 1.54) is 16.5 Å². The molecule has 0 saturated carbocycles. The zero-order valence-electron chi connectivity index (χ0n) is 18.6. The minimum absolute atomic E-state index is 0.0410. The summed E-state index contributed by atoms with van der Waals surface area (Å²) in [7, 11) is 0. The van der Waals surface area contributed by atoms with E-state index >= 15 is 0 Å². The number of amides is 1.